The number of likely N-dealkylation sites (tertiary alicyclic amines) is 1. The molecule has 3 rings (SSSR count). The Morgan fingerprint density at radius 3 is 2.69 bits per heavy atom. The van der Waals surface area contributed by atoms with Crippen LogP contribution in [-0.4, -0.2) is 85.2 Å². The predicted octanol–water partition coefficient (Wildman–Crippen LogP) is 1.28. The zero-order valence-electron chi connectivity index (χ0n) is 15.2. The van der Waals surface area contributed by atoms with Crippen molar-refractivity contribution in [3.05, 3.63) is 35.4 Å². The first-order chi connectivity index (χ1) is 12.5. The van der Waals surface area contributed by atoms with Crippen LogP contribution < -0.4 is 0 Å². The van der Waals surface area contributed by atoms with Crippen LogP contribution in [0.4, 0.5) is 8.78 Å². The number of benzene rings is 1. The highest BCUT2D eigenvalue weighted by Gasteiger charge is 2.36. The van der Waals surface area contributed by atoms with Crippen molar-refractivity contribution >= 4 is 5.91 Å². The van der Waals surface area contributed by atoms with Crippen molar-refractivity contribution in [2.75, 3.05) is 59.5 Å². The second-order valence-electron chi connectivity index (χ2n) is 7.49. The van der Waals surface area contributed by atoms with Crippen LogP contribution in [0.5, 0.6) is 0 Å². The van der Waals surface area contributed by atoms with Crippen LogP contribution >= 0.6 is 0 Å². The second-order valence-corrected chi connectivity index (χ2v) is 7.49. The lowest BCUT2D eigenvalue weighted by molar-refractivity contribution is 0.0774. The lowest BCUT2D eigenvalue weighted by Gasteiger charge is -2.26. The number of carbonyl (C=O) groups is 1. The van der Waals surface area contributed by atoms with E-state index < -0.39 is 17.5 Å². The van der Waals surface area contributed by atoms with Crippen LogP contribution in [0.1, 0.15) is 16.8 Å². The molecule has 2 heterocycles. The summed E-state index contributed by atoms with van der Waals surface area (Å²) < 4.78 is 27.3. The SMILES string of the molecule is CN1CCCN(C[C@@H]2CN(C(=O)c3cc(F)ccc3F)C[C@@H]2CO)CC1. The van der Waals surface area contributed by atoms with Gasteiger partial charge in [-0.2, -0.15) is 0 Å². The molecule has 1 aromatic carbocycles. The molecule has 1 amide bonds. The molecular formula is C19H27F2N3O2. The Kier molecular flexibility index (Phi) is 6.21. The first-order valence-electron chi connectivity index (χ1n) is 9.24. The molecule has 2 fully saturated rings. The molecule has 0 spiro atoms. The largest absolute Gasteiger partial charge is 0.396 e. The van der Waals surface area contributed by atoms with E-state index >= 15 is 0 Å². The summed E-state index contributed by atoms with van der Waals surface area (Å²) in [4.78, 5) is 18.9. The highest BCUT2D eigenvalue weighted by atomic mass is 19.1. The van der Waals surface area contributed by atoms with Crippen molar-refractivity contribution in [3.63, 3.8) is 0 Å². The summed E-state index contributed by atoms with van der Waals surface area (Å²) in [6.45, 7) is 5.71. The number of hydrogen-bond acceptors (Lipinski definition) is 4. The standard InChI is InChI=1S/C19H27F2N3O2/c1-22-5-2-6-23(8-7-22)10-14-11-24(12-15(14)13-25)19(26)17-9-16(20)3-4-18(17)21/h3-4,9,14-15,25H,2,5-8,10-13H2,1H3/t14-,15-/m1/s1. The van der Waals surface area contributed by atoms with Gasteiger partial charge in [0.1, 0.15) is 11.6 Å². The number of nitrogens with zero attached hydrogens (tertiary/aromatic N) is 3. The van der Waals surface area contributed by atoms with Crippen LogP contribution in [0.2, 0.25) is 0 Å². The molecule has 26 heavy (non-hydrogen) atoms. The minimum atomic E-state index is -0.712. The lowest BCUT2D eigenvalue weighted by atomic mass is 9.96. The van der Waals surface area contributed by atoms with Crippen molar-refractivity contribution in [1.29, 1.82) is 0 Å². The Morgan fingerprint density at radius 2 is 1.92 bits per heavy atom. The topological polar surface area (TPSA) is 47.0 Å². The van der Waals surface area contributed by atoms with E-state index in [1.807, 2.05) is 0 Å². The molecule has 0 saturated carbocycles. The lowest BCUT2D eigenvalue weighted by Crippen LogP contribution is -2.36. The van der Waals surface area contributed by atoms with Crippen LogP contribution in [0.15, 0.2) is 18.2 Å². The summed E-state index contributed by atoms with van der Waals surface area (Å²) in [6.07, 6.45) is 1.10. The van der Waals surface area contributed by atoms with E-state index in [9.17, 15) is 18.7 Å². The van der Waals surface area contributed by atoms with Gasteiger partial charge < -0.3 is 19.8 Å². The Labute approximate surface area is 153 Å². The van der Waals surface area contributed by atoms with Gasteiger partial charge in [0.2, 0.25) is 0 Å². The van der Waals surface area contributed by atoms with E-state index in [0.717, 1.165) is 57.3 Å². The first-order valence-corrected chi connectivity index (χ1v) is 9.24. The monoisotopic (exact) mass is 367 g/mol. The molecule has 2 saturated heterocycles. The van der Waals surface area contributed by atoms with E-state index in [-0.39, 0.29) is 24.0 Å². The molecular weight excluding hydrogens is 340 g/mol. The van der Waals surface area contributed by atoms with Gasteiger partial charge in [-0.05, 0) is 50.7 Å². The predicted molar refractivity (Wildman–Crippen MR) is 94.9 cm³/mol. The van der Waals surface area contributed by atoms with Gasteiger partial charge >= 0.3 is 0 Å². The van der Waals surface area contributed by atoms with E-state index in [0.29, 0.717) is 13.1 Å². The Bertz CT molecular complexity index is 643. The van der Waals surface area contributed by atoms with Crippen LogP contribution in [0.3, 0.4) is 0 Å². The summed E-state index contributed by atoms with van der Waals surface area (Å²) in [5, 5.41) is 9.73. The van der Waals surface area contributed by atoms with Crippen LogP contribution in [0, 0.1) is 23.5 Å². The fourth-order valence-electron chi connectivity index (χ4n) is 3.96. The minimum Gasteiger partial charge on any atom is -0.396 e. The fourth-order valence-corrected chi connectivity index (χ4v) is 3.96. The molecule has 144 valence electrons. The molecule has 0 aromatic heterocycles. The number of amides is 1. The molecule has 2 atom stereocenters. The van der Waals surface area contributed by atoms with Crippen molar-refractivity contribution in [1.82, 2.24) is 14.7 Å². The normalized spacial score (nSPS) is 25.5. The third-order valence-electron chi connectivity index (χ3n) is 5.56. The Morgan fingerprint density at radius 1 is 1.15 bits per heavy atom. The summed E-state index contributed by atoms with van der Waals surface area (Å²) in [5.41, 5.74) is -0.237. The first kappa shape index (κ1) is 19.2. The maximum atomic E-state index is 13.9. The zero-order valence-corrected chi connectivity index (χ0v) is 15.2. The molecule has 0 radical (unpaired) electrons. The molecule has 0 unspecified atom stereocenters. The molecule has 2 aliphatic rings. The molecule has 2 aliphatic heterocycles. The number of carbonyl (C=O) groups excluding carboxylic acids is 1. The van der Waals surface area contributed by atoms with Gasteiger partial charge in [-0.25, -0.2) is 8.78 Å². The highest BCUT2D eigenvalue weighted by Crippen LogP contribution is 2.26. The zero-order chi connectivity index (χ0) is 18.7. The van der Waals surface area contributed by atoms with Crippen LogP contribution in [0.25, 0.3) is 0 Å². The average Bonchev–Trinajstić information content (AvgIpc) is 2.92. The van der Waals surface area contributed by atoms with Gasteiger partial charge in [-0.1, -0.05) is 0 Å². The molecule has 1 N–H and O–H groups in total. The molecule has 5 nitrogen and oxygen atoms in total. The van der Waals surface area contributed by atoms with Crippen molar-refractivity contribution < 1.29 is 18.7 Å². The minimum absolute atomic E-state index is 0.00613. The Hall–Kier alpha value is -1.57. The van der Waals surface area contributed by atoms with Gasteiger partial charge in [-0.15, -0.1) is 0 Å². The van der Waals surface area contributed by atoms with E-state index in [4.69, 9.17) is 0 Å². The average molecular weight is 367 g/mol. The third kappa shape index (κ3) is 4.39. The van der Waals surface area contributed by atoms with E-state index in [1.54, 1.807) is 4.90 Å². The number of halogens is 2. The maximum Gasteiger partial charge on any atom is 0.256 e. The summed E-state index contributed by atoms with van der Waals surface area (Å²) >= 11 is 0. The molecule has 7 heteroatoms. The summed E-state index contributed by atoms with van der Waals surface area (Å²) in [7, 11) is 2.11. The number of aliphatic hydroxyl groups is 1. The van der Waals surface area contributed by atoms with Gasteiger partial charge in [-0.3, -0.25) is 4.79 Å². The third-order valence-corrected chi connectivity index (χ3v) is 5.56. The van der Waals surface area contributed by atoms with Gasteiger partial charge in [0.05, 0.1) is 5.56 Å². The van der Waals surface area contributed by atoms with E-state index in [1.165, 1.54) is 0 Å². The molecule has 1 aromatic rings. The number of rotatable bonds is 4. The molecule has 0 bridgehead atoms. The maximum absolute atomic E-state index is 13.9. The van der Waals surface area contributed by atoms with Crippen LogP contribution in [-0.2, 0) is 0 Å². The second kappa shape index (κ2) is 8.41. The Balaban J connectivity index is 1.66. The highest BCUT2D eigenvalue weighted by molar-refractivity contribution is 5.94. The van der Waals surface area contributed by atoms with Gasteiger partial charge in [0.15, 0.2) is 0 Å². The number of hydrogen-bond donors (Lipinski definition) is 1. The summed E-state index contributed by atoms with van der Waals surface area (Å²) in [5.74, 6) is -1.73. The van der Waals surface area contributed by atoms with Crippen molar-refractivity contribution in [2.24, 2.45) is 11.8 Å². The number of aliphatic hydroxyl groups excluding tert-OH is 1. The quantitative estimate of drug-likeness (QED) is 0.871. The summed E-state index contributed by atoms with van der Waals surface area (Å²) in [6, 6.07) is 2.93. The smallest absolute Gasteiger partial charge is 0.256 e. The number of likely N-dealkylation sites (N-methyl/N-ethyl adjacent to an activating group) is 1. The molecule has 0 aliphatic carbocycles. The van der Waals surface area contributed by atoms with Crippen molar-refractivity contribution in [2.45, 2.75) is 6.42 Å². The van der Waals surface area contributed by atoms with Crippen molar-refractivity contribution in [3.8, 4) is 0 Å². The fraction of sp³-hybridized carbons (Fsp3) is 0.632. The van der Waals surface area contributed by atoms with Gasteiger partial charge in [0, 0.05) is 45.2 Å². The van der Waals surface area contributed by atoms with Gasteiger partial charge in [0.25, 0.3) is 5.91 Å². The van der Waals surface area contributed by atoms with E-state index in [2.05, 4.69) is 16.8 Å².